The minimum atomic E-state index is -4.43. The fourth-order valence-corrected chi connectivity index (χ4v) is 3.50. The standard InChI is InChI=1S/C22H23F3N2O2/c23-22(24,25)18-9-3-5-15(11-18)13-20(28)26-14-16-6-4-10-19(12-16)27-21(29)17-7-1-2-8-17/h3-6,9-12,17H,1-2,7-8,13-14H2,(H,26,28)(H,27,29). The number of nitrogens with one attached hydrogen (secondary N) is 2. The van der Waals surface area contributed by atoms with E-state index in [1.807, 2.05) is 6.07 Å². The Morgan fingerprint density at radius 3 is 2.38 bits per heavy atom. The molecule has 0 atom stereocenters. The summed E-state index contributed by atoms with van der Waals surface area (Å²) in [5.74, 6) is -0.288. The van der Waals surface area contributed by atoms with Crippen molar-refractivity contribution in [3.05, 3.63) is 65.2 Å². The molecule has 0 aromatic heterocycles. The third kappa shape index (κ3) is 6.07. The van der Waals surface area contributed by atoms with Crippen molar-refractivity contribution >= 4 is 17.5 Å². The van der Waals surface area contributed by atoms with Crippen LogP contribution in [0, 0.1) is 5.92 Å². The van der Waals surface area contributed by atoms with Crippen molar-refractivity contribution in [2.75, 3.05) is 5.32 Å². The largest absolute Gasteiger partial charge is 0.416 e. The third-order valence-electron chi connectivity index (χ3n) is 5.03. The van der Waals surface area contributed by atoms with Crippen molar-refractivity contribution in [1.29, 1.82) is 0 Å². The number of halogens is 3. The van der Waals surface area contributed by atoms with E-state index < -0.39 is 11.7 Å². The molecule has 2 aromatic carbocycles. The molecule has 2 N–H and O–H groups in total. The average Bonchev–Trinajstić information content (AvgIpc) is 3.21. The minimum Gasteiger partial charge on any atom is -0.352 e. The van der Waals surface area contributed by atoms with Gasteiger partial charge in [-0.25, -0.2) is 0 Å². The molecule has 0 heterocycles. The average molecular weight is 404 g/mol. The van der Waals surface area contributed by atoms with Crippen LogP contribution in [0.5, 0.6) is 0 Å². The second-order valence-electron chi connectivity index (χ2n) is 7.32. The molecule has 0 saturated heterocycles. The van der Waals surface area contributed by atoms with Crippen LogP contribution in [0.15, 0.2) is 48.5 Å². The van der Waals surface area contributed by atoms with Crippen molar-refractivity contribution < 1.29 is 22.8 Å². The Morgan fingerprint density at radius 1 is 0.966 bits per heavy atom. The summed E-state index contributed by atoms with van der Waals surface area (Å²) in [7, 11) is 0. The zero-order chi connectivity index (χ0) is 20.9. The predicted octanol–water partition coefficient (Wildman–Crippen LogP) is 4.69. The van der Waals surface area contributed by atoms with E-state index >= 15 is 0 Å². The second kappa shape index (κ2) is 9.11. The summed E-state index contributed by atoms with van der Waals surface area (Å²) in [4.78, 5) is 24.4. The van der Waals surface area contributed by atoms with Crippen LogP contribution >= 0.6 is 0 Å². The molecule has 1 fully saturated rings. The first-order valence-electron chi connectivity index (χ1n) is 9.64. The van der Waals surface area contributed by atoms with Crippen LogP contribution < -0.4 is 10.6 Å². The van der Waals surface area contributed by atoms with Gasteiger partial charge in [-0.3, -0.25) is 9.59 Å². The summed E-state index contributed by atoms with van der Waals surface area (Å²) < 4.78 is 38.3. The van der Waals surface area contributed by atoms with Crippen molar-refractivity contribution in [3.8, 4) is 0 Å². The number of benzene rings is 2. The molecule has 1 aliphatic rings. The van der Waals surface area contributed by atoms with Gasteiger partial charge in [0.2, 0.25) is 11.8 Å². The Balaban J connectivity index is 1.53. The van der Waals surface area contributed by atoms with Crippen LogP contribution in [-0.4, -0.2) is 11.8 Å². The Bertz CT molecular complexity index is 874. The molecule has 0 unspecified atom stereocenters. The maximum absolute atomic E-state index is 12.8. The van der Waals surface area contributed by atoms with Crippen LogP contribution in [0.3, 0.4) is 0 Å². The highest BCUT2D eigenvalue weighted by Crippen LogP contribution is 2.29. The summed E-state index contributed by atoms with van der Waals surface area (Å²) in [6.07, 6.45) is -0.585. The molecule has 1 saturated carbocycles. The lowest BCUT2D eigenvalue weighted by atomic mass is 10.1. The lowest BCUT2D eigenvalue weighted by molar-refractivity contribution is -0.137. The highest BCUT2D eigenvalue weighted by molar-refractivity contribution is 5.92. The lowest BCUT2D eigenvalue weighted by Gasteiger charge is -2.12. The molecular formula is C22H23F3N2O2. The number of carbonyl (C=O) groups excluding carboxylic acids is 2. The van der Waals surface area contributed by atoms with Gasteiger partial charge in [0.15, 0.2) is 0 Å². The molecule has 0 aliphatic heterocycles. The van der Waals surface area contributed by atoms with Crippen molar-refractivity contribution in [2.24, 2.45) is 5.92 Å². The van der Waals surface area contributed by atoms with Gasteiger partial charge in [-0.15, -0.1) is 0 Å². The fraction of sp³-hybridized carbons (Fsp3) is 0.364. The Labute approximate surface area is 167 Å². The quantitative estimate of drug-likeness (QED) is 0.734. The van der Waals surface area contributed by atoms with E-state index in [4.69, 9.17) is 0 Å². The SMILES string of the molecule is O=C(Cc1cccc(C(F)(F)F)c1)NCc1cccc(NC(=O)C2CCCC2)c1. The number of carbonyl (C=O) groups is 2. The number of hydrogen-bond donors (Lipinski definition) is 2. The maximum atomic E-state index is 12.8. The van der Waals surface area contributed by atoms with Crippen molar-refractivity contribution in [2.45, 2.75) is 44.8 Å². The Hall–Kier alpha value is -2.83. The Morgan fingerprint density at radius 2 is 1.66 bits per heavy atom. The van der Waals surface area contributed by atoms with E-state index in [0.29, 0.717) is 11.3 Å². The predicted molar refractivity (Wildman–Crippen MR) is 104 cm³/mol. The van der Waals surface area contributed by atoms with Crippen LogP contribution in [-0.2, 0) is 28.7 Å². The molecule has 1 aliphatic carbocycles. The highest BCUT2D eigenvalue weighted by Gasteiger charge is 2.30. The zero-order valence-electron chi connectivity index (χ0n) is 15.9. The van der Waals surface area contributed by atoms with Crippen LogP contribution in [0.1, 0.15) is 42.4 Å². The van der Waals surface area contributed by atoms with Crippen molar-refractivity contribution in [1.82, 2.24) is 5.32 Å². The van der Waals surface area contributed by atoms with Crippen molar-refractivity contribution in [3.63, 3.8) is 0 Å². The number of amides is 2. The minimum absolute atomic E-state index is 0.0215. The lowest BCUT2D eigenvalue weighted by Crippen LogP contribution is -2.25. The first-order valence-corrected chi connectivity index (χ1v) is 9.64. The normalized spacial score (nSPS) is 14.6. The number of hydrogen-bond acceptors (Lipinski definition) is 2. The summed E-state index contributed by atoms with van der Waals surface area (Å²) in [6.45, 7) is 0.227. The molecule has 2 aromatic rings. The van der Waals surface area contributed by atoms with Gasteiger partial charge in [-0.1, -0.05) is 43.2 Å². The molecule has 7 heteroatoms. The summed E-state index contributed by atoms with van der Waals surface area (Å²) in [5.41, 5.74) is 1.00. The van der Waals surface area contributed by atoms with Crippen LogP contribution in [0.25, 0.3) is 0 Å². The molecule has 4 nitrogen and oxygen atoms in total. The highest BCUT2D eigenvalue weighted by atomic mass is 19.4. The molecule has 0 radical (unpaired) electrons. The van der Waals surface area contributed by atoms with Crippen LogP contribution in [0.4, 0.5) is 18.9 Å². The zero-order valence-corrected chi connectivity index (χ0v) is 15.9. The molecule has 29 heavy (non-hydrogen) atoms. The van der Waals surface area contributed by atoms with E-state index in [9.17, 15) is 22.8 Å². The molecule has 3 rings (SSSR count). The van der Waals surface area contributed by atoms with Gasteiger partial charge in [0.25, 0.3) is 0 Å². The second-order valence-corrected chi connectivity index (χ2v) is 7.32. The first kappa shape index (κ1) is 20.9. The van der Waals surface area contributed by atoms with E-state index in [1.54, 1.807) is 18.2 Å². The van der Waals surface area contributed by atoms with Gasteiger partial charge in [-0.2, -0.15) is 13.2 Å². The van der Waals surface area contributed by atoms with E-state index in [-0.39, 0.29) is 30.7 Å². The smallest absolute Gasteiger partial charge is 0.352 e. The van der Waals surface area contributed by atoms with E-state index in [2.05, 4.69) is 10.6 Å². The van der Waals surface area contributed by atoms with Gasteiger partial charge in [0.05, 0.1) is 12.0 Å². The molecule has 0 spiro atoms. The maximum Gasteiger partial charge on any atom is 0.416 e. The van der Waals surface area contributed by atoms with Gasteiger partial charge in [-0.05, 0) is 42.2 Å². The molecule has 154 valence electrons. The van der Waals surface area contributed by atoms with Gasteiger partial charge >= 0.3 is 6.18 Å². The van der Waals surface area contributed by atoms with Gasteiger partial charge in [0.1, 0.15) is 0 Å². The first-order chi connectivity index (χ1) is 13.8. The summed E-state index contributed by atoms with van der Waals surface area (Å²) >= 11 is 0. The Kier molecular flexibility index (Phi) is 6.56. The molecular weight excluding hydrogens is 381 g/mol. The third-order valence-corrected chi connectivity index (χ3v) is 5.03. The monoisotopic (exact) mass is 404 g/mol. The number of anilines is 1. The van der Waals surface area contributed by atoms with E-state index in [1.165, 1.54) is 12.1 Å². The topological polar surface area (TPSA) is 58.2 Å². The molecule has 0 bridgehead atoms. The number of rotatable bonds is 6. The number of alkyl halides is 3. The van der Waals surface area contributed by atoms with Crippen LogP contribution in [0.2, 0.25) is 0 Å². The van der Waals surface area contributed by atoms with Gasteiger partial charge < -0.3 is 10.6 Å². The van der Waals surface area contributed by atoms with Gasteiger partial charge in [0, 0.05) is 18.2 Å². The summed E-state index contributed by atoms with van der Waals surface area (Å²) in [6, 6.07) is 11.9. The fourth-order valence-electron chi connectivity index (χ4n) is 3.50. The van der Waals surface area contributed by atoms with E-state index in [0.717, 1.165) is 43.4 Å². The summed E-state index contributed by atoms with van der Waals surface area (Å²) in [5, 5.41) is 5.62. The molecule has 2 amide bonds.